The minimum absolute atomic E-state index is 0.0870. The number of rotatable bonds is 1. The highest BCUT2D eigenvalue weighted by atomic mass is 16.5. The summed E-state index contributed by atoms with van der Waals surface area (Å²) in [6.45, 7) is 7.53. The van der Waals surface area contributed by atoms with Gasteiger partial charge in [-0.1, -0.05) is 26.0 Å². The SMILES string of the molecule is CC(=O)Oc1cccc2c1CNCC2(C)C. The molecule has 3 heteroatoms. The van der Waals surface area contributed by atoms with Gasteiger partial charge in [-0.05, 0) is 11.6 Å². The zero-order valence-corrected chi connectivity index (χ0v) is 9.96. The lowest BCUT2D eigenvalue weighted by Crippen LogP contribution is -2.38. The van der Waals surface area contributed by atoms with Crippen molar-refractivity contribution >= 4 is 5.97 Å². The summed E-state index contributed by atoms with van der Waals surface area (Å²) in [7, 11) is 0. The Morgan fingerprint density at radius 2 is 2.19 bits per heavy atom. The van der Waals surface area contributed by atoms with E-state index in [-0.39, 0.29) is 11.4 Å². The largest absolute Gasteiger partial charge is 0.426 e. The first-order valence-corrected chi connectivity index (χ1v) is 5.52. The number of fused-ring (bicyclic) bond motifs is 1. The van der Waals surface area contributed by atoms with Crippen molar-refractivity contribution in [3.05, 3.63) is 29.3 Å². The summed E-state index contributed by atoms with van der Waals surface area (Å²) < 4.78 is 5.23. The molecule has 0 radical (unpaired) electrons. The molecule has 0 bridgehead atoms. The van der Waals surface area contributed by atoms with Gasteiger partial charge in [0, 0.05) is 31.0 Å². The van der Waals surface area contributed by atoms with Crippen LogP contribution in [0.5, 0.6) is 5.75 Å². The Kier molecular flexibility index (Phi) is 2.72. The van der Waals surface area contributed by atoms with Gasteiger partial charge in [0.25, 0.3) is 0 Å². The third-order valence-electron chi connectivity index (χ3n) is 2.98. The lowest BCUT2D eigenvalue weighted by molar-refractivity contribution is -0.131. The van der Waals surface area contributed by atoms with Crippen LogP contribution in [0.15, 0.2) is 18.2 Å². The molecule has 0 aliphatic carbocycles. The van der Waals surface area contributed by atoms with Gasteiger partial charge in [-0.3, -0.25) is 4.79 Å². The molecule has 0 amide bonds. The van der Waals surface area contributed by atoms with Crippen molar-refractivity contribution in [2.45, 2.75) is 32.7 Å². The van der Waals surface area contributed by atoms with Crippen molar-refractivity contribution in [2.24, 2.45) is 0 Å². The lowest BCUT2D eigenvalue weighted by atomic mass is 9.79. The summed E-state index contributed by atoms with van der Waals surface area (Å²) in [5.41, 5.74) is 2.46. The number of ether oxygens (including phenoxy) is 1. The van der Waals surface area contributed by atoms with Gasteiger partial charge in [-0.15, -0.1) is 0 Å². The van der Waals surface area contributed by atoms with Crippen LogP contribution in [0.2, 0.25) is 0 Å². The van der Waals surface area contributed by atoms with Gasteiger partial charge in [0.05, 0.1) is 0 Å². The summed E-state index contributed by atoms with van der Waals surface area (Å²) >= 11 is 0. The average molecular weight is 219 g/mol. The van der Waals surface area contributed by atoms with Gasteiger partial charge >= 0.3 is 5.97 Å². The maximum atomic E-state index is 11.0. The van der Waals surface area contributed by atoms with E-state index in [1.807, 2.05) is 12.1 Å². The van der Waals surface area contributed by atoms with Crippen LogP contribution in [0, 0.1) is 0 Å². The van der Waals surface area contributed by atoms with Gasteiger partial charge in [0.1, 0.15) is 5.75 Å². The van der Waals surface area contributed by atoms with Gasteiger partial charge in [-0.25, -0.2) is 0 Å². The van der Waals surface area contributed by atoms with Crippen LogP contribution in [0.4, 0.5) is 0 Å². The van der Waals surface area contributed by atoms with Crippen molar-refractivity contribution in [1.82, 2.24) is 5.32 Å². The van der Waals surface area contributed by atoms with Crippen molar-refractivity contribution < 1.29 is 9.53 Å². The molecule has 3 nitrogen and oxygen atoms in total. The Balaban J connectivity index is 2.47. The molecule has 0 saturated heterocycles. The summed E-state index contributed by atoms with van der Waals surface area (Å²) in [6, 6.07) is 5.91. The quantitative estimate of drug-likeness (QED) is 0.580. The Hall–Kier alpha value is -1.35. The fourth-order valence-electron chi connectivity index (χ4n) is 2.23. The number of nitrogens with one attached hydrogen (secondary N) is 1. The summed E-state index contributed by atoms with van der Waals surface area (Å²) in [5.74, 6) is 0.419. The van der Waals surface area contributed by atoms with Gasteiger partial charge in [0.2, 0.25) is 0 Å². The number of carbonyl (C=O) groups excluding carboxylic acids is 1. The molecule has 1 aromatic carbocycles. The maximum absolute atomic E-state index is 11.0. The highest BCUT2D eigenvalue weighted by Crippen LogP contribution is 2.34. The number of hydrogen-bond acceptors (Lipinski definition) is 3. The third kappa shape index (κ3) is 1.95. The summed E-state index contributed by atoms with van der Waals surface area (Å²) in [6.07, 6.45) is 0. The molecule has 1 aliphatic heterocycles. The van der Waals surface area contributed by atoms with Crippen LogP contribution < -0.4 is 10.1 Å². The van der Waals surface area contributed by atoms with E-state index in [0.29, 0.717) is 5.75 Å². The summed E-state index contributed by atoms with van der Waals surface area (Å²) in [5, 5.41) is 3.35. The Bertz CT molecular complexity index is 424. The standard InChI is InChI=1S/C13H17NO2/c1-9(15)16-12-6-4-5-11-10(12)7-14-8-13(11,2)3/h4-6,14H,7-8H2,1-3H3. The molecule has 1 aliphatic rings. The minimum atomic E-state index is -0.267. The monoisotopic (exact) mass is 219 g/mol. The average Bonchev–Trinajstić information content (AvgIpc) is 2.18. The van der Waals surface area contributed by atoms with Crippen molar-refractivity contribution in [2.75, 3.05) is 6.54 Å². The molecule has 0 aromatic heterocycles. The first kappa shape index (κ1) is 11.1. The van der Waals surface area contributed by atoms with Crippen molar-refractivity contribution in [3.8, 4) is 5.75 Å². The Morgan fingerprint density at radius 3 is 2.88 bits per heavy atom. The summed E-state index contributed by atoms with van der Waals surface area (Å²) in [4.78, 5) is 11.0. The molecule has 16 heavy (non-hydrogen) atoms. The zero-order chi connectivity index (χ0) is 11.8. The van der Waals surface area contributed by atoms with Gasteiger partial charge in [0.15, 0.2) is 0 Å². The Morgan fingerprint density at radius 1 is 1.44 bits per heavy atom. The van der Waals surface area contributed by atoms with Crippen LogP contribution in [-0.2, 0) is 16.8 Å². The molecule has 0 saturated carbocycles. The first-order valence-electron chi connectivity index (χ1n) is 5.52. The van der Waals surface area contributed by atoms with E-state index < -0.39 is 0 Å². The van der Waals surface area contributed by atoms with E-state index in [9.17, 15) is 4.79 Å². The molecule has 1 N–H and O–H groups in total. The fraction of sp³-hybridized carbons (Fsp3) is 0.462. The minimum Gasteiger partial charge on any atom is -0.426 e. The second-order valence-corrected chi connectivity index (χ2v) is 4.86. The number of esters is 1. The Labute approximate surface area is 95.8 Å². The van der Waals surface area contributed by atoms with Crippen LogP contribution >= 0.6 is 0 Å². The third-order valence-corrected chi connectivity index (χ3v) is 2.98. The number of hydrogen-bond donors (Lipinski definition) is 1. The second-order valence-electron chi connectivity index (χ2n) is 4.86. The van der Waals surface area contributed by atoms with E-state index in [1.54, 1.807) is 0 Å². The van der Waals surface area contributed by atoms with E-state index >= 15 is 0 Å². The molecule has 1 aromatic rings. The zero-order valence-electron chi connectivity index (χ0n) is 9.96. The second kappa shape index (κ2) is 3.91. The van der Waals surface area contributed by atoms with E-state index in [0.717, 1.165) is 18.7 Å². The smallest absolute Gasteiger partial charge is 0.308 e. The first-order chi connectivity index (χ1) is 7.50. The maximum Gasteiger partial charge on any atom is 0.308 e. The van der Waals surface area contributed by atoms with Crippen molar-refractivity contribution in [3.63, 3.8) is 0 Å². The molecular weight excluding hydrogens is 202 g/mol. The van der Waals surface area contributed by atoms with E-state index in [4.69, 9.17) is 4.74 Å². The van der Waals surface area contributed by atoms with Crippen LogP contribution in [0.25, 0.3) is 0 Å². The normalized spacial score (nSPS) is 17.7. The van der Waals surface area contributed by atoms with Crippen LogP contribution in [0.3, 0.4) is 0 Å². The molecule has 0 atom stereocenters. The van der Waals surface area contributed by atoms with E-state index in [2.05, 4.69) is 25.2 Å². The molecule has 2 rings (SSSR count). The van der Waals surface area contributed by atoms with E-state index in [1.165, 1.54) is 12.5 Å². The lowest BCUT2D eigenvalue weighted by Gasteiger charge is -2.33. The fourth-order valence-corrected chi connectivity index (χ4v) is 2.23. The highest BCUT2D eigenvalue weighted by Gasteiger charge is 2.29. The van der Waals surface area contributed by atoms with Crippen LogP contribution in [0.1, 0.15) is 31.9 Å². The van der Waals surface area contributed by atoms with Gasteiger partial charge < -0.3 is 10.1 Å². The number of benzene rings is 1. The van der Waals surface area contributed by atoms with Crippen molar-refractivity contribution in [1.29, 1.82) is 0 Å². The predicted octanol–water partition coefficient (Wildman–Crippen LogP) is 1.99. The van der Waals surface area contributed by atoms with Gasteiger partial charge in [-0.2, -0.15) is 0 Å². The molecule has 86 valence electrons. The molecular formula is C13H17NO2. The molecule has 0 fully saturated rings. The van der Waals surface area contributed by atoms with Crippen LogP contribution in [-0.4, -0.2) is 12.5 Å². The topological polar surface area (TPSA) is 38.3 Å². The number of carbonyl (C=O) groups is 1. The highest BCUT2D eigenvalue weighted by molar-refractivity contribution is 5.70. The molecule has 0 spiro atoms. The molecule has 1 heterocycles. The molecule has 0 unspecified atom stereocenters. The predicted molar refractivity (Wildman–Crippen MR) is 62.5 cm³/mol.